The molecule has 110 valence electrons. The number of alkyl halides is 3. The maximum absolute atomic E-state index is 12.6. The molecule has 1 atom stereocenters. The monoisotopic (exact) mass is 307 g/mol. The summed E-state index contributed by atoms with van der Waals surface area (Å²) in [5, 5.41) is 2.63. The Balaban J connectivity index is 2.30. The van der Waals surface area contributed by atoms with Gasteiger partial charge in [-0.05, 0) is 13.0 Å². The molecular weight excluding hydrogens is 295 g/mol. The number of aromatic nitrogens is 1. The Morgan fingerprint density at radius 2 is 2.20 bits per heavy atom. The molecule has 0 spiro atoms. The van der Waals surface area contributed by atoms with E-state index in [-0.39, 0.29) is 29.2 Å². The van der Waals surface area contributed by atoms with Crippen molar-refractivity contribution in [1.82, 2.24) is 10.3 Å². The molecule has 1 fully saturated rings. The summed E-state index contributed by atoms with van der Waals surface area (Å²) in [6, 6.07) is 0.677. The molecule has 0 aliphatic carbocycles. The summed E-state index contributed by atoms with van der Waals surface area (Å²) < 4.78 is 37.7. The topological polar surface area (TPSA) is 45.2 Å². The smallest absolute Gasteiger partial charge is 0.354 e. The molecule has 1 N–H and O–H groups in total. The van der Waals surface area contributed by atoms with Crippen LogP contribution < -0.4 is 10.2 Å². The van der Waals surface area contributed by atoms with Crippen LogP contribution in [0.25, 0.3) is 0 Å². The Bertz CT molecular complexity index is 521. The fraction of sp³-hybridized carbons (Fsp3) is 0.500. The van der Waals surface area contributed by atoms with E-state index < -0.39 is 11.7 Å². The summed E-state index contributed by atoms with van der Waals surface area (Å²) >= 11 is 5.91. The van der Waals surface area contributed by atoms with Crippen LogP contribution in [0.5, 0.6) is 0 Å². The third-order valence-corrected chi connectivity index (χ3v) is 3.39. The molecule has 0 aromatic carbocycles. The van der Waals surface area contributed by atoms with Crippen LogP contribution in [0.1, 0.15) is 18.9 Å². The first kappa shape index (κ1) is 14.9. The molecule has 1 aromatic rings. The first-order valence-corrected chi connectivity index (χ1v) is 6.43. The summed E-state index contributed by atoms with van der Waals surface area (Å²) in [5.41, 5.74) is -0.886. The summed E-state index contributed by atoms with van der Waals surface area (Å²) in [5.74, 6) is 0.173. The van der Waals surface area contributed by atoms with Gasteiger partial charge in [-0.2, -0.15) is 13.2 Å². The first-order valence-electron chi connectivity index (χ1n) is 6.05. The highest BCUT2D eigenvalue weighted by atomic mass is 35.5. The lowest BCUT2D eigenvalue weighted by Crippen LogP contribution is -2.35. The van der Waals surface area contributed by atoms with Gasteiger partial charge in [-0.1, -0.05) is 11.6 Å². The molecule has 4 nitrogen and oxygen atoms in total. The highest BCUT2D eigenvalue weighted by Crippen LogP contribution is 2.34. The normalized spacial score (nSPS) is 20.6. The maximum Gasteiger partial charge on any atom is 0.417 e. The van der Waals surface area contributed by atoms with Crippen molar-refractivity contribution in [2.45, 2.75) is 25.6 Å². The van der Waals surface area contributed by atoms with Gasteiger partial charge < -0.3 is 10.2 Å². The third-order valence-electron chi connectivity index (χ3n) is 3.11. The van der Waals surface area contributed by atoms with Crippen molar-refractivity contribution in [3.05, 3.63) is 22.8 Å². The number of nitrogens with zero attached hydrogens (tertiary/aromatic N) is 2. The average molecular weight is 308 g/mol. The molecule has 2 heterocycles. The minimum atomic E-state index is -4.48. The van der Waals surface area contributed by atoms with Gasteiger partial charge in [0.2, 0.25) is 5.91 Å². The second-order valence-electron chi connectivity index (χ2n) is 4.62. The Morgan fingerprint density at radius 3 is 2.80 bits per heavy atom. The van der Waals surface area contributed by atoms with E-state index in [1.165, 1.54) is 0 Å². The lowest BCUT2D eigenvalue weighted by Gasteiger charge is -2.28. The molecule has 1 saturated heterocycles. The van der Waals surface area contributed by atoms with Crippen molar-refractivity contribution in [3.63, 3.8) is 0 Å². The maximum atomic E-state index is 12.6. The predicted octanol–water partition coefficient (Wildman–Crippen LogP) is 2.47. The first-order chi connectivity index (χ1) is 9.29. The van der Waals surface area contributed by atoms with Crippen LogP contribution in [0.3, 0.4) is 0 Å². The molecule has 2 rings (SSSR count). The van der Waals surface area contributed by atoms with E-state index in [1.54, 1.807) is 11.8 Å². The van der Waals surface area contributed by atoms with E-state index in [1.807, 2.05) is 0 Å². The number of anilines is 1. The van der Waals surface area contributed by atoms with E-state index in [0.717, 1.165) is 12.3 Å². The Hall–Kier alpha value is -1.50. The van der Waals surface area contributed by atoms with Crippen LogP contribution in [0, 0.1) is 0 Å². The fourth-order valence-electron chi connectivity index (χ4n) is 2.10. The van der Waals surface area contributed by atoms with E-state index in [0.29, 0.717) is 13.1 Å². The zero-order valence-corrected chi connectivity index (χ0v) is 11.4. The molecule has 0 radical (unpaired) electrons. The minimum absolute atomic E-state index is 0.0685. The van der Waals surface area contributed by atoms with Crippen LogP contribution >= 0.6 is 11.6 Å². The molecule has 0 unspecified atom stereocenters. The fourth-order valence-corrected chi connectivity index (χ4v) is 2.37. The van der Waals surface area contributed by atoms with E-state index >= 15 is 0 Å². The summed E-state index contributed by atoms with van der Waals surface area (Å²) in [7, 11) is 0. The van der Waals surface area contributed by atoms with Crippen molar-refractivity contribution in [1.29, 1.82) is 0 Å². The molecule has 1 amide bonds. The number of nitrogens with one attached hydrogen (secondary N) is 1. The molecule has 1 aliphatic rings. The number of halogens is 4. The molecule has 8 heteroatoms. The lowest BCUT2D eigenvalue weighted by molar-refractivity contribution is -0.137. The number of hydrogen-bond donors (Lipinski definition) is 1. The van der Waals surface area contributed by atoms with Gasteiger partial charge >= 0.3 is 6.18 Å². The van der Waals surface area contributed by atoms with Gasteiger partial charge in [-0.15, -0.1) is 0 Å². The molecule has 1 aromatic heterocycles. The van der Waals surface area contributed by atoms with Crippen molar-refractivity contribution in [3.8, 4) is 0 Å². The zero-order valence-electron chi connectivity index (χ0n) is 10.7. The number of pyridine rings is 1. The number of rotatable bonds is 1. The Morgan fingerprint density at radius 1 is 1.50 bits per heavy atom. The molecule has 0 saturated carbocycles. The van der Waals surface area contributed by atoms with Crippen molar-refractivity contribution in [2.24, 2.45) is 0 Å². The quantitative estimate of drug-likeness (QED) is 0.867. The number of carbonyl (C=O) groups excluding carboxylic acids is 1. The summed E-state index contributed by atoms with van der Waals surface area (Å²) in [6.45, 7) is 2.66. The SMILES string of the molecule is C[C@@H]1CC(=O)NCCN1c1ncc(C(F)(F)F)cc1Cl. The second kappa shape index (κ2) is 5.47. The van der Waals surface area contributed by atoms with Gasteiger partial charge in [0.15, 0.2) is 0 Å². The number of carbonyl (C=O) groups is 1. The van der Waals surface area contributed by atoms with Gasteiger partial charge in [-0.3, -0.25) is 4.79 Å². The summed E-state index contributed by atoms with van der Waals surface area (Å²) in [4.78, 5) is 17.0. The van der Waals surface area contributed by atoms with Crippen molar-refractivity contribution in [2.75, 3.05) is 18.0 Å². The molecule has 1 aliphatic heterocycles. The van der Waals surface area contributed by atoms with Gasteiger partial charge in [0.25, 0.3) is 0 Å². The van der Waals surface area contributed by atoms with Crippen molar-refractivity contribution < 1.29 is 18.0 Å². The molecule has 20 heavy (non-hydrogen) atoms. The zero-order chi connectivity index (χ0) is 14.9. The van der Waals surface area contributed by atoms with Crippen LogP contribution in [0.15, 0.2) is 12.3 Å². The predicted molar refractivity (Wildman–Crippen MR) is 68.7 cm³/mol. The number of amides is 1. The molecular formula is C12H13ClF3N3O. The number of hydrogen-bond acceptors (Lipinski definition) is 3. The van der Waals surface area contributed by atoms with Gasteiger partial charge in [0.05, 0.1) is 10.6 Å². The van der Waals surface area contributed by atoms with Crippen LogP contribution in [0.4, 0.5) is 19.0 Å². The highest BCUT2D eigenvalue weighted by Gasteiger charge is 2.32. The van der Waals surface area contributed by atoms with Crippen LogP contribution in [-0.4, -0.2) is 30.0 Å². The standard InChI is InChI=1S/C12H13ClF3N3O/c1-7-4-10(20)17-2-3-19(7)11-9(13)5-8(6-18-11)12(14,15)16/h5-7H,2-4H2,1H3,(H,17,20)/t7-/m1/s1. The van der Waals surface area contributed by atoms with E-state index in [4.69, 9.17) is 11.6 Å². The Kier molecular flexibility index (Phi) is 4.08. The van der Waals surface area contributed by atoms with Crippen LogP contribution in [-0.2, 0) is 11.0 Å². The minimum Gasteiger partial charge on any atom is -0.354 e. The average Bonchev–Trinajstić information content (AvgIpc) is 2.49. The Labute approximate surface area is 118 Å². The third kappa shape index (κ3) is 3.15. The largest absolute Gasteiger partial charge is 0.417 e. The van der Waals surface area contributed by atoms with Crippen molar-refractivity contribution >= 4 is 23.3 Å². The lowest BCUT2D eigenvalue weighted by atomic mass is 10.2. The highest BCUT2D eigenvalue weighted by molar-refractivity contribution is 6.33. The van der Waals surface area contributed by atoms with Gasteiger partial charge in [0.1, 0.15) is 5.82 Å². The van der Waals surface area contributed by atoms with Gasteiger partial charge in [-0.25, -0.2) is 4.98 Å². The van der Waals surface area contributed by atoms with Crippen LogP contribution in [0.2, 0.25) is 5.02 Å². The molecule has 0 bridgehead atoms. The summed E-state index contributed by atoms with van der Waals surface area (Å²) in [6.07, 6.45) is -3.47. The van der Waals surface area contributed by atoms with E-state index in [9.17, 15) is 18.0 Å². The van der Waals surface area contributed by atoms with Gasteiger partial charge in [0, 0.05) is 31.7 Å². The second-order valence-corrected chi connectivity index (χ2v) is 5.03. The van der Waals surface area contributed by atoms with E-state index in [2.05, 4.69) is 10.3 Å².